The van der Waals surface area contributed by atoms with Gasteiger partial charge in [-0.15, -0.1) is 11.3 Å². The molecule has 10 heteroatoms. The van der Waals surface area contributed by atoms with Gasteiger partial charge in [-0.1, -0.05) is 18.2 Å². The van der Waals surface area contributed by atoms with E-state index >= 15 is 0 Å². The van der Waals surface area contributed by atoms with Crippen molar-refractivity contribution in [3.05, 3.63) is 82.0 Å². The summed E-state index contributed by atoms with van der Waals surface area (Å²) in [6, 6.07) is 13.8. The van der Waals surface area contributed by atoms with Gasteiger partial charge >= 0.3 is 18.6 Å². The second kappa shape index (κ2) is 12.2. The number of nitrogens with zero attached hydrogens (tertiary/aromatic N) is 1. The third-order valence-corrected chi connectivity index (χ3v) is 6.99. The Morgan fingerprint density at radius 1 is 0.949 bits per heavy atom. The van der Waals surface area contributed by atoms with Gasteiger partial charge in [-0.05, 0) is 63.6 Å². The van der Waals surface area contributed by atoms with Crippen LogP contribution >= 0.6 is 11.3 Å². The van der Waals surface area contributed by atoms with Crippen molar-refractivity contribution in [2.75, 3.05) is 13.2 Å². The Morgan fingerprint density at radius 3 is 2.13 bits per heavy atom. The van der Waals surface area contributed by atoms with Gasteiger partial charge in [0.05, 0.1) is 36.0 Å². The summed E-state index contributed by atoms with van der Waals surface area (Å²) in [6.07, 6.45) is 0. The van der Waals surface area contributed by atoms with Crippen molar-refractivity contribution in [2.24, 2.45) is 0 Å². The minimum absolute atomic E-state index is 0.0698. The zero-order valence-corrected chi connectivity index (χ0v) is 22.7. The van der Waals surface area contributed by atoms with E-state index in [2.05, 4.69) is 10.1 Å². The van der Waals surface area contributed by atoms with E-state index in [0.717, 1.165) is 11.1 Å². The maximum Gasteiger partial charge on any atom is 0.387 e. The summed E-state index contributed by atoms with van der Waals surface area (Å²) < 4.78 is 40.1. The molecule has 0 saturated carbocycles. The highest BCUT2D eigenvalue weighted by molar-refractivity contribution is 7.13. The van der Waals surface area contributed by atoms with E-state index in [-0.39, 0.29) is 19.0 Å². The quantitative estimate of drug-likeness (QED) is 0.305. The van der Waals surface area contributed by atoms with Crippen LogP contribution in [0.15, 0.2) is 76.5 Å². The zero-order chi connectivity index (χ0) is 28.1. The second-order valence-electron chi connectivity index (χ2n) is 8.64. The Balaban J connectivity index is 1.72. The molecular formula is C29H28F2N2O5S. The average molecular weight is 555 g/mol. The fourth-order valence-corrected chi connectivity index (χ4v) is 5.31. The summed E-state index contributed by atoms with van der Waals surface area (Å²) in [4.78, 5) is 30.9. The number of nitrogens with one attached hydrogen (secondary N) is 1. The lowest BCUT2D eigenvalue weighted by molar-refractivity contribution is -0.139. The molecule has 0 atom stereocenters. The first-order valence-electron chi connectivity index (χ1n) is 12.4. The lowest BCUT2D eigenvalue weighted by Gasteiger charge is -2.30. The molecule has 0 unspecified atom stereocenters. The number of dihydropyridines is 1. The Hall–Kier alpha value is -4.05. The fourth-order valence-electron chi connectivity index (χ4n) is 4.48. The van der Waals surface area contributed by atoms with Crippen LogP contribution in [0, 0.1) is 0 Å². The molecule has 0 fully saturated rings. The molecule has 204 valence electrons. The summed E-state index contributed by atoms with van der Waals surface area (Å²) >= 11 is 1.42. The summed E-state index contributed by atoms with van der Waals surface area (Å²) in [5.41, 5.74) is 4.82. The van der Waals surface area contributed by atoms with Crippen LogP contribution in [0.25, 0.3) is 21.8 Å². The number of ether oxygens (including phenoxy) is 3. The van der Waals surface area contributed by atoms with Crippen molar-refractivity contribution in [1.82, 2.24) is 10.3 Å². The number of alkyl halides is 2. The van der Waals surface area contributed by atoms with Crippen molar-refractivity contribution >= 4 is 23.3 Å². The van der Waals surface area contributed by atoms with Gasteiger partial charge in [-0.3, -0.25) is 0 Å². The van der Waals surface area contributed by atoms with Gasteiger partial charge < -0.3 is 19.5 Å². The van der Waals surface area contributed by atoms with Gasteiger partial charge in [0.2, 0.25) is 0 Å². The van der Waals surface area contributed by atoms with Crippen molar-refractivity contribution < 1.29 is 32.6 Å². The molecule has 0 amide bonds. The monoisotopic (exact) mass is 554 g/mol. The topological polar surface area (TPSA) is 86.8 Å². The highest BCUT2D eigenvalue weighted by Gasteiger charge is 2.38. The summed E-state index contributed by atoms with van der Waals surface area (Å²) in [6.45, 7) is 4.51. The van der Waals surface area contributed by atoms with Gasteiger partial charge in [0.25, 0.3) is 0 Å². The minimum atomic E-state index is -2.89. The van der Waals surface area contributed by atoms with Crippen LogP contribution in [-0.4, -0.2) is 36.7 Å². The SMILES string of the molecule is CCOC(=O)C1=C(C)NC(C)=C(C(=O)OCC)C1c1cccc(-c2nc(-c3ccc(OC(F)F)cc3)cs2)c1. The molecule has 4 rings (SSSR count). The first-order chi connectivity index (χ1) is 18.7. The first kappa shape index (κ1) is 28.0. The molecular weight excluding hydrogens is 526 g/mol. The van der Waals surface area contributed by atoms with Crippen LogP contribution in [0.2, 0.25) is 0 Å². The third kappa shape index (κ3) is 6.17. The molecule has 1 aliphatic heterocycles. The smallest absolute Gasteiger partial charge is 0.387 e. The highest BCUT2D eigenvalue weighted by atomic mass is 32.1. The predicted molar refractivity (Wildman–Crippen MR) is 144 cm³/mol. The average Bonchev–Trinajstić information content (AvgIpc) is 3.39. The summed E-state index contributed by atoms with van der Waals surface area (Å²) in [5, 5.41) is 5.72. The molecule has 1 aromatic heterocycles. The van der Waals surface area contributed by atoms with E-state index in [1.165, 1.54) is 23.5 Å². The van der Waals surface area contributed by atoms with E-state index in [9.17, 15) is 18.4 Å². The second-order valence-corrected chi connectivity index (χ2v) is 9.50. The Kier molecular flexibility index (Phi) is 8.75. The van der Waals surface area contributed by atoms with Gasteiger partial charge in [-0.2, -0.15) is 8.78 Å². The Bertz CT molecular complexity index is 1390. The number of carbonyl (C=O) groups is 2. The predicted octanol–water partition coefficient (Wildman–Crippen LogP) is 6.44. The van der Waals surface area contributed by atoms with Crippen LogP contribution in [0.4, 0.5) is 8.78 Å². The molecule has 3 aromatic rings. The van der Waals surface area contributed by atoms with Crippen molar-refractivity contribution in [1.29, 1.82) is 0 Å². The van der Waals surface area contributed by atoms with Gasteiger partial charge in [0.15, 0.2) is 0 Å². The lowest BCUT2D eigenvalue weighted by Crippen LogP contribution is -2.32. The molecule has 0 radical (unpaired) electrons. The van der Waals surface area contributed by atoms with Crippen molar-refractivity contribution in [3.63, 3.8) is 0 Å². The van der Waals surface area contributed by atoms with E-state index in [4.69, 9.17) is 14.5 Å². The molecule has 2 heterocycles. The van der Waals surface area contributed by atoms with E-state index in [1.807, 2.05) is 29.6 Å². The number of hydrogen-bond donors (Lipinski definition) is 1. The van der Waals surface area contributed by atoms with Gasteiger partial charge in [0, 0.05) is 27.9 Å². The van der Waals surface area contributed by atoms with Crippen LogP contribution in [-0.2, 0) is 19.1 Å². The lowest BCUT2D eigenvalue weighted by atomic mass is 9.80. The number of halogens is 2. The maximum atomic E-state index is 13.1. The molecule has 2 aromatic carbocycles. The molecule has 1 aliphatic rings. The number of hydrogen-bond acceptors (Lipinski definition) is 8. The van der Waals surface area contributed by atoms with Crippen LogP contribution in [0.1, 0.15) is 39.2 Å². The zero-order valence-electron chi connectivity index (χ0n) is 21.9. The fraction of sp³-hybridized carbons (Fsp3) is 0.276. The van der Waals surface area contributed by atoms with E-state index in [0.29, 0.717) is 38.8 Å². The molecule has 0 aliphatic carbocycles. The number of allylic oxidation sites excluding steroid dienone is 2. The molecule has 7 nitrogen and oxygen atoms in total. The third-order valence-electron chi connectivity index (χ3n) is 6.10. The minimum Gasteiger partial charge on any atom is -0.463 e. The van der Waals surface area contributed by atoms with E-state index < -0.39 is 24.5 Å². The van der Waals surface area contributed by atoms with Crippen LogP contribution < -0.4 is 10.1 Å². The van der Waals surface area contributed by atoms with Crippen LogP contribution in [0.3, 0.4) is 0 Å². The molecule has 1 N–H and O–H groups in total. The molecule has 0 spiro atoms. The number of rotatable bonds is 9. The summed E-state index contributed by atoms with van der Waals surface area (Å²) in [5.74, 6) is -1.66. The van der Waals surface area contributed by atoms with Gasteiger partial charge in [-0.25, -0.2) is 14.6 Å². The number of esters is 2. The Labute approximate surface area is 229 Å². The van der Waals surface area contributed by atoms with Crippen molar-refractivity contribution in [3.8, 4) is 27.6 Å². The first-order valence-corrected chi connectivity index (χ1v) is 13.2. The number of benzene rings is 2. The standard InChI is InChI=1S/C29H28F2N2O5S/c1-5-36-27(34)23-16(3)32-17(4)24(28(35)37-6-2)25(23)19-8-7-9-20(14-19)26-33-22(15-39-26)18-10-12-21(13-11-18)38-29(30)31/h7-15,25,29,32H,5-6H2,1-4H3. The van der Waals surface area contributed by atoms with Crippen molar-refractivity contribution in [2.45, 2.75) is 40.2 Å². The van der Waals surface area contributed by atoms with E-state index in [1.54, 1.807) is 39.8 Å². The Morgan fingerprint density at radius 2 is 1.56 bits per heavy atom. The van der Waals surface area contributed by atoms with Gasteiger partial charge in [0.1, 0.15) is 10.8 Å². The van der Waals surface area contributed by atoms with Crippen LogP contribution in [0.5, 0.6) is 5.75 Å². The molecule has 0 bridgehead atoms. The molecule has 0 saturated heterocycles. The number of aromatic nitrogens is 1. The summed E-state index contributed by atoms with van der Waals surface area (Å²) in [7, 11) is 0. The normalized spacial score (nSPS) is 13.9. The number of carbonyl (C=O) groups excluding carboxylic acids is 2. The largest absolute Gasteiger partial charge is 0.463 e. The highest BCUT2D eigenvalue weighted by Crippen LogP contribution is 2.41. The maximum absolute atomic E-state index is 13.1. The number of thiazole rings is 1. The molecule has 39 heavy (non-hydrogen) atoms.